The Kier molecular flexibility index (Phi) is 4.85. The number of aromatic nitrogens is 2. The smallest absolute Gasteiger partial charge is 0.123 e. The Morgan fingerprint density at radius 1 is 1.10 bits per heavy atom. The second-order valence-electron chi connectivity index (χ2n) is 5.10. The number of rotatable bonds is 6. The van der Waals surface area contributed by atoms with Crippen LogP contribution in [0.4, 0.5) is 0 Å². The fourth-order valence-electron chi connectivity index (χ4n) is 2.54. The second-order valence-corrected chi connectivity index (χ2v) is 5.10. The van der Waals surface area contributed by atoms with E-state index in [1.165, 1.54) is 0 Å². The molecule has 0 aliphatic rings. The largest absolute Gasteiger partial charge is 0.497 e. The molecule has 2 aromatic rings. The number of nitrogens with zero attached hydrogens (tertiary/aromatic N) is 2. The van der Waals surface area contributed by atoms with Gasteiger partial charge in [0.15, 0.2) is 0 Å². The summed E-state index contributed by atoms with van der Waals surface area (Å²) in [5.41, 5.74) is 2.22. The number of methoxy groups -OCH3 is 2. The van der Waals surface area contributed by atoms with Crippen LogP contribution in [0.5, 0.6) is 11.5 Å². The normalized spacial score (nSPS) is 13.8. The third-order valence-corrected chi connectivity index (χ3v) is 3.71. The monoisotopic (exact) mass is 289 g/mol. The highest BCUT2D eigenvalue weighted by Crippen LogP contribution is 2.30. The summed E-state index contributed by atoms with van der Waals surface area (Å²) in [6, 6.07) is 8.17. The van der Waals surface area contributed by atoms with Crippen molar-refractivity contribution in [3.8, 4) is 11.5 Å². The van der Waals surface area contributed by atoms with Gasteiger partial charge in [0.05, 0.1) is 19.9 Å². The third kappa shape index (κ3) is 3.36. The van der Waals surface area contributed by atoms with Gasteiger partial charge in [-0.25, -0.2) is 0 Å². The third-order valence-electron chi connectivity index (χ3n) is 3.71. The number of nitrogens with one attached hydrogen (secondary N) is 1. The van der Waals surface area contributed by atoms with E-state index in [1.807, 2.05) is 42.2 Å². The van der Waals surface area contributed by atoms with Gasteiger partial charge in [-0.05, 0) is 38.1 Å². The molecule has 1 aromatic heterocycles. The fourth-order valence-corrected chi connectivity index (χ4v) is 2.54. The molecule has 2 rings (SSSR count). The van der Waals surface area contributed by atoms with Gasteiger partial charge in [0, 0.05) is 30.9 Å². The molecule has 0 aliphatic carbocycles. The first-order valence-electron chi connectivity index (χ1n) is 7.02. The number of hydrogen-bond donors (Lipinski definition) is 1. The zero-order valence-corrected chi connectivity index (χ0v) is 13.3. The van der Waals surface area contributed by atoms with Crippen LogP contribution in [0.3, 0.4) is 0 Å². The summed E-state index contributed by atoms with van der Waals surface area (Å²) in [5, 5.41) is 7.78. The predicted octanol–water partition coefficient (Wildman–Crippen LogP) is 2.85. The molecule has 0 saturated carbocycles. The van der Waals surface area contributed by atoms with E-state index < -0.39 is 0 Å². The van der Waals surface area contributed by atoms with Crippen molar-refractivity contribution in [3.63, 3.8) is 0 Å². The van der Waals surface area contributed by atoms with Gasteiger partial charge in [-0.15, -0.1) is 0 Å². The molecule has 1 aromatic carbocycles. The number of hydrogen-bond acceptors (Lipinski definition) is 4. The standard InChI is InChI=1S/C16H23N3O2/c1-11(18-12(2)15-8-9-17-19(15)3)14-10-13(20-4)6-7-16(14)21-5/h6-12,18H,1-5H3. The van der Waals surface area contributed by atoms with Crippen LogP contribution in [0.25, 0.3) is 0 Å². The first-order chi connectivity index (χ1) is 10.1. The van der Waals surface area contributed by atoms with Gasteiger partial charge >= 0.3 is 0 Å². The van der Waals surface area contributed by atoms with Crippen LogP contribution in [0.15, 0.2) is 30.5 Å². The zero-order valence-electron chi connectivity index (χ0n) is 13.3. The summed E-state index contributed by atoms with van der Waals surface area (Å²) < 4.78 is 12.6. The van der Waals surface area contributed by atoms with Crippen LogP contribution in [-0.4, -0.2) is 24.0 Å². The Bertz CT molecular complexity index is 595. The summed E-state index contributed by atoms with van der Waals surface area (Å²) >= 11 is 0. The van der Waals surface area contributed by atoms with E-state index >= 15 is 0 Å². The van der Waals surface area contributed by atoms with Crippen LogP contribution < -0.4 is 14.8 Å². The molecule has 5 nitrogen and oxygen atoms in total. The maximum absolute atomic E-state index is 5.45. The van der Waals surface area contributed by atoms with Crippen molar-refractivity contribution in [1.29, 1.82) is 0 Å². The molecule has 21 heavy (non-hydrogen) atoms. The van der Waals surface area contributed by atoms with Crippen molar-refractivity contribution in [3.05, 3.63) is 41.7 Å². The lowest BCUT2D eigenvalue weighted by Crippen LogP contribution is -2.24. The average Bonchev–Trinajstić information content (AvgIpc) is 2.92. The van der Waals surface area contributed by atoms with Gasteiger partial charge in [0.2, 0.25) is 0 Å². The summed E-state index contributed by atoms with van der Waals surface area (Å²) in [6.07, 6.45) is 1.81. The second kappa shape index (κ2) is 6.63. The highest BCUT2D eigenvalue weighted by atomic mass is 16.5. The SMILES string of the molecule is COc1ccc(OC)c(C(C)NC(C)c2ccnn2C)c1. The van der Waals surface area contributed by atoms with E-state index in [1.54, 1.807) is 14.2 Å². The molecule has 1 N–H and O–H groups in total. The molecule has 114 valence electrons. The van der Waals surface area contributed by atoms with Gasteiger partial charge in [-0.2, -0.15) is 5.10 Å². The van der Waals surface area contributed by atoms with E-state index in [-0.39, 0.29) is 12.1 Å². The number of aryl methyl sites for hydroxylation is 1. The summed E-state index contributed by atoms with van der Waals surface area (Å²) in [4.78, 5) is 0. The van der Waals surface area contributed by atoms with Crippen molar-refractivity contribution in [2.24, 2.45) is 7.05 Å². The van der Waals surface area contributed by atoms with Crippen LogP contribution >= 0.6 is 0 Å². The number of ether oxygens (including phenoxy) is 2. The van der Waals surface area contributed by atoms with Crippen LogP contribution in [0.2, 0.25) is 0 Å². The Labute approximate surface area is 125 Å². The molecule has 0 fully saturated rings. The van der Waals surface area contributed by atoms with Crippen molar-refractivity contribution in [1.82, 2.24) is 15.1 Å². The maximum atomic E-state index is 5.45. The minimum atomic E-state index is 0.125. The molecule has 0 bridgehead atoms. The van der Waals surface area contributed by atoms with Crippen LogP contribution in [0, 0.1) is 0 Å². The topological polar surface area (TPSA) is 48.3 Å². The fraction of sp³-hybridized carbons (Fsp3) is 0.438. The van der Waals surface area contributed by atoms with E-state index in [0.29, 0.717) is 0 Å². The lowest BCUT2D eigenvalue weighted by Gasteiger charge is -2.22. The molecule has 1 heterocycles. The molecule has 2 unspecified atom stereocenters. The first-order valence-corrected chi connectivity index (χ1v) is 7.02. The van der Waals surface area contributed by atoms with E-state index in [2.05, 4.69) is 24.3 Å². The first kappa shape index (κ1) is 15.4. The van der Waals surface area contributed by atoms with Gasteiger partial charge < -0.3 is 14.8 Å². The van der Waals surface area contributed by atoms with Gasteiger partial charge in [0.1, 0.15) is 11.5 Å². The van der Waals surface area contributed by atoms with Crippen molar-refractivity contribution in [2.45, 2.75) is 25.9 Å². The molecule has 5 heteroatoms. The van der Waals surface area contributed by atoms with E-state index in [0.717, 1.165) is 22.8 Å². The summed E-state index contributed by atoms with van der Waals surface area (Å²) in [6.45, 7) is 4.24. The molecular formula is C16H23N3O2. The van der Waals surface area contributed by atoms with Crippen molar-refractivity contribution < 1.29 is 9.47 Å². The predicted molar refractivity (Wildman–Crippen MR) is 82.7 cm³/mol. The minimum absolute atomic E-state index is 0.125. The highest BCUT2D eigenvalue weighted by Gasteiger charge is 2.17. The maximum Gasteiger partial charge on any atom is 0.123 e. The molecule has 2 atom stereocenters. The zero-order chi connectivity index (χ0) is 15.4. The van der Waals surface area contributed by atoms with Crippen LogP contribution in [-0.2, 0) is 7.05 Å². The molecule has 0 spiro atoms. The lowest BCUT2D eigenvalue weighted by atomic mass is 10.0. The summed E-state index contributed by atoms with van der Waals surface area (Å²) in [5.74, 6) is 1.68. The Morgan fingerprint density at radius 2 is 1.86 bits per heavy atom. The minimum Gasteiger partial charge on any atom is -0.497 e. The van der Waals surface area contributed by atoms with E-state index in [4.69, 9.17) is 9.47 Å². The molecular weight excluding hydrogens is 266 g/mol. The average molecular weight is 289 g/mol. The molecule has 0 amide bonds. The van der Waals surface area contributed by atoms with Gasteiger partial charge in [0.25, 0.3) is 0 Å². The van der Waals surface area contributed by atoms with Crippen molar-refractivity contribution >= 4 is 0 Å². The van der Waals surface area contributed by atoms with Gasteiger partial charge in [-0.1, -0.05) is 0 Å². The van der Waals surface area contributed by atoms with Crippen LogP contribution in [0.1, 0.15) is 37.2 Å². The van der Waals surface area contributed by atoms with Gasteiger partial charge in [-0.3, -0.25) is 4.68 Å². The molecule has 0 saturated heterocycles. The summed E-state index contributed by atoms with van der Waals surface area (Å²) in [7, 11) is 5.30. The molecule has 0 radical (unpaired) electrons. The number of benzene rings is 1. The lowest BCUT2D eigenvalue weighted by molar-refractivity contribution is 0.386. The Balaban J connectivity index is 2.19. The Hall–Kier alpha value is -2.01. The Morgan fingerprint density at radius 3 is 2.43 bits per heavy atom. The van der Waals surface area contributed by atoms with E-state index in [9.17, 15) is 0 Å². The molecule has 0 aliphatic heterocycles. The van der Waals surface area contributed by atoms with Crippen molar-refractivity contribution in [2.75, 3.05) is 14.2 Å². The highest BCUT2D eigenvalue weighted by molar-refractivity contribution is 5.42. The quantitative estimate of drug-likeness (QED) is 0.888.